The lowest BCUT2D eigenvalue weighted by atomic mass is 10.2. The number of nitrogens with one attached hydrogen (secondary N) is 3. The standard InChI is InChI=1S/C24H19F3N6O3S/c25-24(26,27)15-2-1-3-16(8-15)31-21(34)32-17-9-28-22(29-10-17)36-19-6-4-14(5-7-19)20-11-30-23(37-20)33-18-12-35-13-18/h1-11,18H,12-13H2,(H,30,33)(H2,31,32,34). The maximum atomic E-state index is 12.8. The second-order valence-corrected chi connectivity index (χ2v) is 8.98. The average molecular weight is 529 g/mol. The Morgan fingerprint density at radius 3 is 2.38 bits per heavy atom. The third-order valence-corrected chi connectivity index (χ3v) is 6.13. The van der Waals surface area contributed by atoms with Crippen LogP contribution in [-0.2, 0) is 10.9 Å². The largest absolute Gasteiger partial charge is 0.424 e. The van der Waals surface area contributed by atoms with Crippen LogP contribution in [-0.4, -0.2) is 40.2 Å². The number of anilines is 3. The maximum absolute atomic E-state index is 12.8. The Bertz CT molecular complexity index is 1380. The number of amides is 2. The van der Waals surface area contributed by atoms with E-state index in [-0.39, 0.29) is 17.4 Å². The van der Waals surface area contributed by atoms with E-state index in [4.69, 9.17) is 9.47 Å². The number of rotatable bonds is 7. The number of carbonyl (C=O) groups is 1. The van der Waals surface area contributed by atoms with E-state index in [1.54, 1.807) is 29.7 Å². The Morgan fingerprint density at radius 1 is 0.973 bits per heavy atom. The lowest BCUT2D eigenvalue weighted by molar-refractivity contribution is -0.137. The van der Waals surface area contributed by atoms with Crippen molar-refractivity contribution in [1.82, 2.24) is 15.0 Å². The van der Waals surface area contributed by atoms with E-state index in [9.17, 15) is 18.0 Å². The molecule has 2 amide bonds. The summed E-state index contributed by atoms with van der Waals surface area (Å²) < 4.78 is 49.3. The monoisotopic (exact) mass is 528 g/mol. The molecule has 5 rings (SSSR count). The molecule has 0 bridgehead atoms. The van der Waals surface area contributed by atoms with Crippen molar-refractivity contribution >= 4 is 33.9 Å². The summed E-state index contributed by atoms with van der Waals surface area (Å²) in [5, 5.41) is 8.96. The molecule has 0 spiro atoms. The van der Waals surface area contributed by atoms with Gasteiger partial charge in [-0.3, -0.25) is 0 Å². The lowest BCUT2D eigenvalue weighted by Gasteiger charge is -2.26. The van der Waals surface area contributed by atoms with Gasteiger partial charge in [0.1, 0.15) is 5.75 Å². The highest BCUT2D eigenvalue weighted by atomic mass is 32.1. The molecular formula is C24H19F3N6O3S. The second kappa shape index (κ2) is 10.4. The number of hydrogen-bond donors (Lipinski definition) is 3. The van der Waals surface area contributed by atoms with Crippen LogP contribution in [0.25, 0.3) is 10.4 Å². The molecule has 190 valence electrons. The predicted molar refractivity (Wildman–Crippen MR) is 132 cm³/mol. The van der Waals surface area contributed by atoms with Gasteiger partial charge in [0.15, 0.2) is 5.13 Å². The Hall–Kier alpha value is -4.23. The first-order valence-electron chi connectivity index (χ1n) is 11.0. The van der Waals surface area contributed by atoms with Gasteiger partial charge < -0.3 is 25.4 Å². The number of alkyl halides is 3. The molecule has 4 aromatic rings. The minimum absolute atomic E-state index is 0.00424. The van der Waals surface area contributed by atoms with Crippen molar-refractivity contribution in [3.05, 3.63) is 72.7 Å². The van der Waals surface area contributed by atoms with Crippen LogP contribution in [0, 0.1) is 0 Å². The van der Waals surface area contributed by atoms with E-state index >= 15 is 0 Å². The first kappa shape index (κ1) is 24.5. The highest BCUT2D eigenvalue weighted by Crippen LogP contribution is 2.32. The van der Waals surface area contributed by atoms with E-state index in [0.29, 0.717) is 25.0 Å². The summed E-state index contributed by atoms with van der Waals surface area (Å²) >= 11 is 1.55. The number of carbonyl (C=O) groups excluding carboxylic acids is 1. The van der Waals surface area contributed by atoms with Crippen LogP contribution in [0.1, 0.15) is 5.56 Å². The van der Waals surface area contributed by atoms with Gasteiger partial charge in [0.25, 0.3) is 0 Å². The third kappa shape index (κ3) is 6.32. The number of ether oxygens (including phenoxy) is 2. The SMILES string of the molecule is O=C(Nc1cnc(Oc2ccc(-c3cnc(NC4COC4)s3)cc2)nc1)Nc1cccc(C(F)(F)F)c1. The van der Waals surface area contributed by atoms with Crippen molar-refractivity contribution in [3.8, 4) is 22.2 Å². The molecule has 3 heterocycles. The quantitative estimate of drug-likeness (QED) is 0.275. The molecule has 1 saturated heterocycles. The van der Waals surface area contributed by atoms with Crippen LogP contribution in [0.4, 0.5) is 34.5 Å². The van der Waals surface area contributed by atoms with Gasteiger partial charge in [-0.1, -0.05) is 17.4 Å². The summed E-state index contributed by atoms with van der Waals surface area (Å²) in [5.41, 5.74) is 0.345. The highest BCUT2D eigenvalue weighted by Gasteiger charge is 2.30. The fourth-order valence-corrected chi connectivity index (χ4v) is 4.16. The Morgan fingerprint density at radius 2 is 1.70 bits per heavy atom. The normalized spacial score (nSPS) is 13.5. The first-order valence-corrected chi connectivity index (χ1v) is 11.8. The smallest absolute Gasteiger partial charge is 0.416 e. The van der Waals surface area contributed by atoms with Gasteiger partial charge in [-0.15, -0.1) is 0 Å². The molecule has 0 radical (unpaired) electrons. The topological polar surface area (TPSA) is 110 Å². The molecule has 0 atom stereocenters. The molecule has 1 fully saturated rings. The number of halogens is 3. The van der Waals surface area contributed by atoms with Crippen LogP contribution in [0.3, 0.4) is 0 Å². The minimum Gasteiger partial charge on any atom is -0.424 e. The predicted octanol–water partition coefficient (Wildman–Crippen LogP) is 5.87. The number of thiazole rings is 1. The molecule has 0 aliphatic carbocycles. The van der Waals surface area contributed by atoms with Gasteiger partial charge in [-0.25, -0.2) is 19.7 Å². The summed E-state index contributed by atoms with van der Waals surface area (Å²) in [6.07, 6.45) is -0.0607. The first-order chi connectivity index (χ1) is 17.8. The lowest BCUT2D eigenvalue weighted by Crippen LogP contribution is -2.40. The highest BCUT2D eigenvalue weighted by molar-refractivity contribution is 7.18. The summed E-state index contributed by atoms with van der Waals surface area (Å²) in [4.78, 5) is 25.6. The van der Waals surface area contributed by atoms with Crippen LogP contribution >= 0.6 is 11.3 Å². The number of urea groups is 1. The summed E-state index contributed by atoms with van der Waals surface area (Å²) in [6, 6.07) is 11.3. The van der Waals surface area contributed by atoms with Gasteiger partial charge in [0.2, 0.25) is 0 Å². The molecule has 1 aliphatic heterocycles. The maximum Gasteiger partial charge on any atom is 0.416 e. The van der Waals surface area contributed by atoms with Crippen LogP contribution in [0.5, 0.6) is 11.8 Å². The van der Waals surface area contributed by atoms with Gasteiger partial charge in [0, 0.05) is 11.9 Å². The zero-order chi connectivity index (χ0) is 25.8. The summed E-state index contributed by atoms with van der Waals surface area (Å²) in [6.45, 7) is 1.38. The van der Waals surface area contributed by atoms with Crippen molar-refractivity contribution in [2.75, 3.05) is 29.2 Å². The van der Waals surface area contributed by atoms with E-state index in [1.807, 2.05) is 12.1 Å². The Kier molecular flexibility index (Phi) is 6.88. The van der Waals surface area contributed by atoms with Crippen molar-refractivity contribution in [3.63, 3.8) is 0 Å². The van der Waals surface area contributed by atoms with Crippen molar-refractivity contribution in [1.29, 1.82) is 0 Å². The van der Waals surface area contributed by atoms with Gasteiger partial charge >= 0.3 is 18.2 Å². The molecule has 0 saturated carbocycles. The molecule has 13 heteroatoms. The van der Waals surface area contributed by atoms with Gasteiger partial charge in [-0.05, 0) is 48.0 Å². The molecule has 1 aliphatic rings. The molecule has 0 unspecified atom stereocenters. The summed E-state index contributed by atoms with van der Waals surface area (Å²) in [5.74, 6) is 0.515. The average Bonchev–Trinajstić information content (AvgIpc) is 3.32. The van der Waals surface area contributed by atoms with Crippen molar-refractivity contribution in [2.45, 2.75) is 12.2 Å². The number of nitrogens with zero attached hydrogens (tertiary/aromatic N) is 3. The summed E-state index contributed by atoms with van der Waals surface area (Å²) in [7, 11) is 0. The third-order valence-electron chi connectivity index (χ3n) is 5.15. The fraction of sp³-hybridized carbons (Fsp3) is 0.167. The fourth-order valence-electron chi connectivity index (χ4n) is 3.26. The Labute approximate surface area is 212 Å². The van der Waals surface area contributed by atoms with Gasteiger partial charge in [-0.2, -0.15) is 13.2 Å². The molecule has 3 N–H and O–H groups in total. The van der Waals surface area contributed by atoms with E-state index < -0.39 is 17.8 Å². The number of benzene rings is 2. The van der Waals surface area contributed by atoms with Crippen LogP contribution < -0.4 is 20.7 Å². The van der Waals surface area contributed by atoms with E-state index in [2.05, 4.69) is 30.9 Å². The zero-order valence-electron chi connectivity index (χ0n) is 19.0. The van der Waals surface area contributed by atoms with Crippen LogP contribution in [0.15, 0.2) is 67.1 Å². The zero-order valence-corrected chi connectivity index (χ0v) is 19.8. The number of hydrogen-bond acceptors (Lipinski definition) is 8. The van der Waals surface area contributed by atoms with E-state index in [1.165, 1.54) is 24.5 Å². The van der Waals surface area contributed by atoms with Crippen molar-refractivity contribution in [2.24, 2.45) is 0 Å². The molecular weight excluding hydrogens is 509 g/mol. The van der Waals surface area contributed by atoms with Gasteiger partial charge in [0.05, 0.1) is 47.8 Å². The molecule has 2 aromatic carbocycles. The van der Waals surface area contributed by atoms with E-state index in [0.717, 1.165) is 27.7 Å². The molecule has 2 aromatic heterocycles. The Balaban J connectivity index is 1.14. The molecule has 37 heavy (non-hydrogen) atoms. The second-order valence-electron chi connectivity index (χ2n) is 7.95. The molecule has 9 nitrogen and oxygen atoms in total. The van der Waals surface area contributed by atoms with Crippen molar-refractivity contribution < 1.29 is 27.4 Å². The van der Waals surface area contributed by atoms with Crippen LogP contribution in [0.2, 0.25) is 0 Å². The number of aromatic nitrogens is 3. The minimum atomic E-state index is -4.51.